The lowest BCUT2D eigenvalue weighted by molar-refractivity contribution is -0.126. The van der Waals surface area contributed by atoms with E-state index >= 15 is 0 Å². The van der Waals surface area contributed by atoms with Gasteiger partial charge in [0, 0.05) is 19.1 Å². The maximum Gasteiger partial charge on any atom is 0.237 e. The van der Waals surface area contributed by atoms with Crippen molar-refractivity contribution in [3.05, 3.63) is 0 Å². The van der Waals surface area contributed by atoms with Gasteiger partial charge in [-0.3, -0.25) is 9.69 Å². The first-order valence-corrected chi connectivity index (χ1v) is 7.05. The van der Waals surface area contributed by atoms with Crippen LogP contribution in [0.3, 0.4) is 0 Å². The molecule has 18 heavy (non-hydrogen) atoms. The Bertz CT molecular complexity index is 337. The van der Waals surface area contributed by atoms with Gasteiger partial charge in [0.25, 0.3) is 0 Å². The molecule has 2 saturated heterocycles. The number of carbonyl (C=O) groups is 1. The monoisotopic (exact) mass is 253 g/mol. The van der Waals surface area contributed by atoms with Crippen LogP contribution in [0.4, 0.5) is 0 Å². The third kappa shape index (κ3) is 2.15. The van der Waals surface area contributed by atoms with Gasteiger partial charge in [-0.1, -0.05) is 0 Å². The van der Waals surface area contributed by atoms with Crippen molar-refractivity contribution in [2.75, 3.05) is 13.1 Å². The molecule has 3 rings (SSSR count). The number of ether oxygens (including phenoxy) is 1. The molecule has 5 nitrogen and oxygen atoms in total. The molecular weight excluding hydrogens is 230 g/mol. The summed E-state index contributed by atoms with van der Waals surface area (Å²) >= 11 is 0. The zero-order valence-electron chi connectivity index (χ0n) is 10.8. The fraction of sp³-hybridized carbons (Fsp3) is 0.923. The fourth-order valence-electron chi connectivity index (χ4n) is 3.76. The van der Waals surface area contributed by atoms with E-state index in [-0.39, 0.29) is 5.91 Å². The van der Waals surface area contributed by atoms with Crippen LogP contribution in [-0.4, -0.2) is 47.7 Å². The minimum atomic E-state index is -0.791. The minimum Gasteiger partial charge on any atom is -0.372 e. The van der Waals surface area contributed by atoms with Gasteiger partial charge in [-0.25, -0.2) is 0 Å². The molecule has 1 amide bonds. The Labute approximate surface area is 108 Å². The smallest absolute Gasteiger partial charge is 0.237 e. The molecule has 3 aliphatic rings. The van der Waals surface area contributed by atoms with Crippen LogP contribution >= 0.6 is 0 Å². The molecule has 0 aromatic carbocycles. The van der Waals surface area contributed by atoms with E-state index < -0.39 is 5.54 Å². The Kier molecular flexibility index (Phi) is 3.08. The summed E-state index contributed by atoms with van der Waals surface area (Å²) in [6.07, 6.45) is 6.72. The highest BCUT2D eigenvalue weighted by Crippen LogP contribution is 2.34. The molecule has 0 spiro atoms. The van der Waals surface area contributed by atoms with Gasteiger partial charge in [-0.2, -0.15) is 0 Å². The average Bonchev–Trinajstić information content (AvgIpc) is 2.68. The van der Waals surface area contributed by atoms with Crippen molar-refractivity contribution in [1.82, 2.24) is 4.90 Å². The van der Waals surface area contributed by atoms with Crippen LogP contribution < -0.4 is 11.5 Å². The van der Waals surface area contributed by atoms with Crippen LogP contribution in [0.2, 0.25) is 0 Å². The second kappa shape index (κ2) is 4.47. The normalized spacial score (nSPS) is 45.1. The van der Waals surface area contributed by atoms with Crippen LogP contribution in [-0.2, 0) is 9.53 Å². The van der Waals surface area contributed by atoms with Crippen LogP contribution in [0.1, 0.15) is 38.5 Å². The van der Waals surface area contributed by atoms with Crippen molar-refractivity contribution in [1.29, 1.82) is 0 Å². The summed E-state index contributed by atoms with van der Waals surface area (Å²) < 4.78 is 5.85. The van der Waals surface area contributed by atoms with Gasteiger partial charge in [0.1, 0.15) is 0 Å². The Morgan fingerprint density at radius 3 is 2.50 bits per heavy atom. The third-order valence-electron chi connectivity index (χ3n) is 4.84. The first-order chi connectivity index (χ1) is 8.57. The Morgan fingerprint density at radius 2 is 1.89 bits per heavy atom. The molecular formula is C13H23N3O2. The lowest BCUT2D eigenvalue weighted by Gasteiger charge is -2.44. The van der Waals surface area contributed by atoms with Gasteiger partial charge in [-0.15, -0.1) is 0 Å². The number of hydrogen-bond acceptors (Lipinski definition) is 4. The molecule has 2 aliphatic heterocycles. The van der Waals surface area contributed by atoms with E-state index in [1.54, 1.807) is 0 Å². The van der Waals surface area contributed by atoms with Crippen LogP contribution in [0.15, 0.2) is 0 Å². The summed E-state index contributed by atoms with van der Waals surface area (Å²) in [6, 6.07) is 0.406. The predicted molar refractivity (Wildman–Crippen MR) is 67.8 cm³/mol. The molecule has 4 atom stereocenters. The number of carbonyl (C=O) groups excluding carboxylic acids is 1. The van der Waals surface area contributed by atoms with E-state index in [1.165, 1.54) is 12.8 Å². The van der Waals surface area contributed by atoms with Crippen molar-refractivity contribution in [3.63, 3.8) is 0 Å². The van der Waals surface area contributed by atoms with E-state index in [1.807, 2.05) is 0 Å². The van der Waals surface area contributed by atoms with Crippen molar-refractivity contribution in [3.8, 4) is 0 Å². The highest BCUT2D eigenvalue weighted by atomic mass is 16.5. The molecule has 2 bridgehead atoms. The van der Waals surface area contributed by atoms with Gasteiger partial charge in [0.15, 0.2) is 0 Å². The molecule has 102 valence electrons. The first-order valence-electron chi connectivity index (χ1n) is 7.05. The Balaban J connectivity index is 1.67. The number of rotatable bonds is 2. The number of nitrogens with two attached hydrogens (primary N) is 2. The Morgan fingerprint density at radius 1 is 1.22 bits per heavy atom. The molecule has 4 unspecified atom stereocenters. The van der Waals surface area contributed by atoms with Gasteiger partial charge < -0.3 is 16.2 Å². The van der Waals surface area contributed by atoms with Crippen molar-refractivity contribution >= 4 is 5.91 Å². The molecule has 0 aromatic heterocycles. The number of fused-ring (bicyclic) bond motifs is 2. The summed E-state index contributed by atoms with van der Waals surface area (Å²) in [4.78, 5) is 14.0. The summed E-state index contributed by atoms with van der Waals surface area (Å²) in [5, 5.41) is 0. The van der Waals surface area contributed by atoms with Gasteiger partial charge in [0.05, 0.1) is 17.7 Å². The fourth-order valence-corrected chi connectivity index (χ4v) is 3.76. The SMILES string of the molecule is NC(=O)C1(N)CCCC(N2CC3CCC(C2)O3)C1. The second-order valence-corrected chi connectivity index (χ2v) is 6.18. The lowest BCUT2D eigenvalue weighted by atomic mass is 9.78. The van der Waals surface area contributed by atoms with Crippen molar-refractivity contribution < 1.29 is 9.53 Å². The van der Waals surface area contributed by atoms with E-state index in [0.29, 0.717) is 24.7 Å². The average molecular weight is 253 g/mol. The number of nitrogens with zero attached hydrogens (tertiary/aromatic N) is 1. The molecule has 0 aromatic rings. The van der Waals surface area contributed by atoms with Crippen LogP contribution in [0.5, 0.6) is 0 Å². The second-order valence-electron chi connectivity index (χ2n) is 6.18. The number of hydrogen-bond donors (Lipinski definition) is 2. The minimum absolute atomic E-state index is 0.344. The zero-order valence-corrected chi connectivity index (χ0v) is 10.8. The number of primary amides is 1. The maximum atomic E-state index is 11.5. The van der Waals surface area contributed by atoms with Crippen molar-refractivity contribution in [2.45, 2.75) is 62.3 Å². The summed E-state index contributed by atoms with van der Waals surface area (Å²) in [7, 11) is 0. The number of likely N-dealkylation sites (tertiary alicyclic amines) is 1. The number of amides is 1. The summed E-state index contributed by atoms with van der Waals surface area (Å²) in [6.45, 7) is 1.99. The summed E-state index contributed by atoms with van der Waals surface area (Å²) in [5.41, 5.74) is 10.8. The molecule has 0 radical (unpaired) electrons. The highest BCUT2D eigenvalue weighted by molar-refractivity contribution is 5.84. The first kappa shape index (κ1) is 12.4. The number of morpholine rings is 1. The maximum absolute atomic E-state index is 11.5. The quantitative estimate of drug-likeness (QED) is 0.724. The molecule has 4 N–H and O–H groups in total. The van der Waals surface area contributed by atoms with Crippen LogP contribution in [0.25, 0.3) is 0 Å². The molecule has 1 aliphatic carbocycles. The van der Waals surface area contributed by atoms with Crippen LogP contribution in [0, 0.1) is 0 Å². The van der Waals surface area contributed by atoms with E-state index in [0.717, 1.165) is 32.4 Å². The molecule has 1 saturated carbocycles. The van der Waals surface area contributed by atoms with E-state index in [4.69, 9.17) is 16.2 Å². The van der Waals surface area contributed by atoms with Gasteiger partial charge in [-0.05, 0) is 38.5 Å². The molecule has 3 fully saturated rings. The van der Waals surface area contributed by atoms with Gasteiger partial charge in [0.2, 0.25) is 5.91 Å². The topological polar surface area (TPSA) is 81.6 Å². The van der Waals surface area contributed by atoms with Crippen molar-refractivity contribution in [2.24, 2.45) is 11.5 Å². The zero-order chi connectivity index (χ0) is 12.8. The Hall–Kier alpha value is -0.650. The van der Waals surface area contributed by atoms with E-state index in [9.17, 15) is 4.79 Å². The molecule has 2 heterocycles. The predicted octanol–water partition coefficient (Wildman–Crippen LogP) is -0.0250. The summed E-state index contributed by atoms with van der Waals surface area (Å²) in [5.74, 6) is -0.344. The highest BCUT2D eigenvalue weighted by Gasteiger charge is 2.43. The standard InChI is InChI=1S/C13H23N3O2/c14-12(17)13(15)5-1-2-9(6-13)16-7-10-3-4-11(8-16)18-10/h9-11H,1-8,15H2,(H2,14,17). The van der Waals surface area contributed by atoms with E-state index in [2.05, 4.69) is 4.90 Å². The third-order valence-corrected chi connectivity index (χ3v) is 4.84. The lowest BCUT2D eigenvalue weighted by Crippen LogP contribution is -2.59. The van der Waals surface area contributed by atoms with Gasteiger partial charge >= 0.3 is 0 Å². The molecule has 5 heteroatoms. The largest absolute Gasteiger partial charge is 0.372 e.